The van der Waals surface area contributed by atoms with Crippen LogP contribution in [-0.4, -0.2) is 108 Å². The summed E-state index contributed by atoms with van der Waals surface area (Å²) < 4.78 is 16.4. The van der Waals surface area contributed by atoms with Crippen LogP contribution >= 0.6 is 154 Å². The minimum atomic E-state index is -1.05. The first-order chi connectivity index (χ1) is 43.5. The predicted octanol–water partition coefficient (Wildman–Crippen LogP) is 17.0. The average molecular weight is 1960 g/mol. The number of ether oxygens (including phenoxy) is 2. The number of benzene rings is 8. The molecule has 0 amide bonds. The molecule has 92 heavy (non-hydrogen) atoms. The van der Waals surface area contributed by atoms with E-state index in [-0.39, 0.29) is 17.7 Å². The molecule has 0 aliphatic carbocycles. The molecule has 0 aliphatic rings. The maximum Gasteiger partial charge on any atom is 0.341 e. The summed E-state index contributed by atoms with van der Waals surface area (Å²) in [5, 5.41) is 34.0. The molecule has 0 radical (unpaired) electrons. The molecule has 0 heterocycles. The van der Waals surface area contributed by atoms with Crippen LogP contribution in [0, 0.1) is 42.0 Å². The smallest absolute Gasteiger partial charge is 0.341 e. The molecule has 0 bridgehead atoms. The SMILES string of the molecule is Cc1ccc(C=O)cc1Br.Cc1ccc(C=O)cc1Br.Cc1ccc(C=O)cc1I.Cc1ccc(C=O)cc1I.O=Cc1ccc(C(=O)O)c(Br)c1.O=Cc1ccc(C(=O)O)c(I)c1.O=Cc1ccc(OCC(=O)O)c(Br)c1.O=Cc1ccc(OCC(=O)O)c(I)c1. The molecule has 0 unspecified atom stereocenters. The fraction of sp³-hybridized carbons (Fsp3) is 0.0909. The topological polar surface area (TPSA) is 304 Å². The van der Waals surface area contributed by atoms with Gasteiger partial charge in [0, 0.05) is 68.6 Å². The lowest BCUT2D eigenvalue weighted by molar-refractivity contribution is -0.140. The van der Waals surface area contributed by atoms with Gasteiger partial charge in [-0.05, 0) is 257 Å². The van der Waals surface area contributed by atoms with E-state index in [0.717, 1.165) is 69.8 Å². The second kappa shape index (κ2) is 45.7. The molecule has 4 N–H and O–H groups in total. The summed E-state index contributed by atoms with van der Waals surface area (Å²) in [6, 6.07) is 40.5. The third-order valence-electron chi connectivity index (χ3n) is 10.9. The van der Waals surface area contributed by atoms with E-state index in [4.69, 9.17) is 29.9 Å². The van der Waals surface area contributed by atoms with Gasteiger partial charge in [-0.15, -0.1) is 0 Å². The summed E-state index contributed by atoms with van der Waals surface area (Å²) in [5.74, 6) is -3.19. The van der Waals surface area contributed by atoms with Crippen LogP contribution in [0.4, 0.5) is 0 Å². The fourth-order valence-electron chi connectivity index (χ4n) is 5.98. The summed E-state index contributed by atoms with van der Waals surface area (Å²) in [7, 11) is 0. The van der Waals surface area contributed by atoms with Crippen molar-refractivity contribution in [3.05, 3.63) is 256 Å². The van der Waals surface area contributed by atoms with Gasteiger partial charge in [-0.25, -0.2) is 19.2 Å². The van der Waals surface area contributed by atoms with Crippen LogP contribution in [0.2, 0.25) is 0 Å². The molecular weight excluding hydrogens is 1910 g/mol. The molecule has 0 spiro atoms. The fourth-order valence-corrected chi connectivity index (χ4v) is 10.4. The molecule has 8 rings (SSSR count). The number of aryl methyl sites for hydroxylation is 4. The van der Waals surface area contributed by atoms with E-state index >= 15 is 0 Å². The number of halogens is 8. The minimum Gasteiger partial charge on any atom is -0.481 e. The standard InChI is InChI=1S/C9H7BrO4.C9H7IO4.C8H5BrO3.2C8H7BrO.C8H5IO3.2C8H7IO/c2*10-7-3-6(4-11)1-2-8(7)14-5-9(12)13;9-7-3-5(4-10)1-2-6(7)8(11)12;2*1-6-2-3-7(5-10)4-8(6)9;9-7-3-5(4-10)1-2-6(7)8(11)12;2*1-6-2-3-7(5-10)4-8(6)9/h2*1-4H,5H2,(H,12,13);1-4H,(H,11,12);2*2-5H,1H3;1-4H,(H,11,12);2*2-5H,1H3. The maximum atomic E-state index is 10.5. The number of hydrogen-bond acceptors (Lipinski definition) is 14. The zero-order valence-electron chi connectivity index (χ0n) is 48.4. The van der Waals surface area contributed by atoms with Gasteiger partial charge in [0.05, 0.1) is 19.2 Å². The van der Waals surface area contributed by atoms with Crippen LogP contribution in [0.15, 0.2) is 163 Å². The molecular formula is C66H52Br4I4O18. The number of carboxylic acids is 4. The van der Waals surface area contributed by atoms with Gasteiger partial charge in [0.2, 0.25) is 0 Å². The van der Waals surface area contributed by atoms with Crippen molar-refractivity contribution in [2.75, 3.05) is 13.2 Å². The average Bonchev–Trinajstić information content (AvgIpc) is 1.82. The maximum absolute atomic E-state index is 10.5. The van der Waals surface area contributed by atoms with Crippen LogP contribution in [0.5, 0.6) is 11.5 Å². The number of rotatable bonds is 16. The van der Waals surface area contributed by atoms with Crippen molar-refractivity contribution >= 4 is 228 Å². The third-order valence-corrected chi connectivity index (χ3v) is 18.0. The van der Waals surface area contributed by atoms with Crippen LogP contribution in [-0.2, 0) is 9.59 Å². The number of carboxylic acid groups (broad SMARTS) is 4. The lowest BCUT2D eigenvalue weighted by Crippen LogP contribution is -2.10. The highest BCUT2D eigenvalue weighted by Gasteiger charge is 2.10. The summed E-state index contributed by atoms with van der Waals surface area (Å²) in [5.41, 5.74) is 9.98. The Morgan fingerprint density at radius 2 is 0.587 bits per heavy atom. The van der Waals surface area contributed by atoms with Crippen molar-refractivity contribution in [3.63, 3.8) is 0 Å². The molecule has 480 valence electrons. The Morgan fingerprint density at radius 3 is 0.870 bits per heavy atom. The van der Waals surface area contributed by atoms with E-state index in [0.29, 0.717) is 79.8 Å². The van der Waals surface area contributed by atoms with Crippen molar-refractivity contribution in [2.45, 2.75) is 27.7 Å². The number of carbonyl (C=O) groups is 12. The van der Waals surface area contributed by atoms with E-state index in [1.165, 1.54) is 53.6 Å². The second-order valence-corrected chi connectivity index (χ2v) is 25.9. The zero-order valence-corrected chi connectivity index (χ0v) is 63.4. The Morgan fingerprint density at radius 1 is 0.326 bits per heavy atom. The first-order valence-corrected chi connectivity index (χ1v) is 33.0. The number of aromatic carboxylic acids is 2. The summed E-state index contributed by atoms with van der Waals surface area (Å²) in [6.45, 7) is 7.24. The molecule has 0 saturated carbocycles. The van der Waals surface area contributed by atoms with Crippen LogP contribution in [0.1, 0.15) is 126 Å². The Bertz CT molecular complexity index is 3560. The molecule has 26 heteroatoms. The van der Waals surface area contributed by atoms with E-state index in [9.17, 15) is 57.5 Å². The van der Waals surface area contributed by atoms with Crippen molar-refractivity contribution in [1.29, 1.82) is 0 Å². The van der Waals surface area contributed by atoms with E-state index < -0.39 is 30.5 Å². The molecule has 8 aromatic carbocycles. The number of aldehydes is 8. The summed E-state index contributed by atoms with van der Waals surface area (Å²) in [4.78, 5) is 124. The van der Waals surface area contributed by atoms with E-state index in [1.54, 1.807) is 42.5 Å². The molecule has 8 aromatic rings. The summed E-state index contributed by atoms with van der Waals surface area (Å²) in [6.07, 6.45) is 6.18. The van der Waals surface area contributed by atoms with Crippen LogP contribution in [0.25, 0.3) is 0 Å². The van der Waals surface area contributed by atoms with Crippen molar-refractivity contribution in [1.82, 2.24) is 0 Å². The zero-order chi connectivity index (χ0) is 69.6. The monoisotopic (exact) mass is 1960 g/mol. The van der Waals surface area contributed by atoms with E-state index in [2.05, 4.69) is 109 Å². The van der Waals surface area contributed by atoms with E-state index in [1.807, 2.05) is 134 Å². The highest BCUT2D eigenvalue weighted by molar-refractivity contribution is 14.1. The quantitative estimate of drug-likeness (QED) is 0.0516. The first-order valence-electron chi connectivity index (χ1n) is 25.5. The van der Waals surface area contributed by atoms with Gasteiger partial charge in [0.25, 0.3) is 0 Å². The minimum absolute atomic E-state index is 0.153. The predicted molar refractivity (Wildman–Crippen MR) is 395 cm³/mol. The lowest BCUT2D eigenvalue weighted by Gasteiger charge is -2.05. The normalized spacial score (nSPS) is 9.43. The van der Waals surface area contributed by atoms with Gasteiger partial charge < -0.3 is 29.9 Å². The number of aliphatic carboxylic acids is 2. The molecule has 0 aromatic heterocycles. The van der Waals surface area contributed by atoms with Crippen LogP contribution in [0.3, 0.4) is 0 Å². The Balaban J connectivity index is 0.000000528. The Labute approximate surface area is 616 Å². The van der Waals surface area contributed by atoms with Crippen LogP contribution < -0.4 is 9.47 Å². The highest BCUT2D eigenvalue weighted by atomic mass is 127. The largest absolute Gasteiger partial charge is 0.481 e. The Hall–Kier alpha value is -6.56. The number of hydrogen-bond donors (Lipinski definition) is 4. The number of carbonyl (C=O) groups excluding carboxylic acids is 8. The first kappa shape index (κ1) is 83.5. The molecule has 0 atom stereocenters. The van der Waals surface area contributed by atoms with Gasteiger partial charge in [0.1, 0.15) is 61.8 Å². The molecule has 18 nitrogen and oxygen atoms in total. The van der Waals surface area contributed by atoms with Gasteiger partial charge in [0.15, 0.2) is 13.2 Å². The van der Waals surface area contributed by atoms with Crippen molar-refractivity contribution in [2.24, 2.45) is 0 Å². The summed E-state index contributed by atoms with van der Waals surface area (Å²) >= 11 is 21.2. The Kier molecular flexibility index (Phi) is 41.4. The van der Waals surface area contributed by atoms with Gasteiger partial charge >= 0.3 is 23.9 Å². The lowest BCUT2D eigenvalue weighted by atomic mass is 10.1. The highest BCUT2D eigenvalue weighted by Crippen LogP contribution is 2.26. The molecule has 0 aliphatic heterocycles. The third kappa shape index (κ3) is 32.8. The molecule has 0 fully saturated rings. The molecule has 0 saturated heterocycles. The van der Waals surface area contributed by atoms with Gasteiger partial charge in [-0.1, -0.05) is 92.5 Å². The van der Waals surface area contributed by atoms with Crippen molar-refractivity contribution < 1.29 is 87.4 Å². The van der Waals surface area contributed by atoms with Gasteiger partial charge in [-0.2, -0.15) is 0 Å². The van der Waals surface area contributed by atoms with Crippen molar-refractivity contribution in [3.8, 4) is 11.5 Å². The van der Waals surface area contributed by atoms with Gasteiger partial charge in [-0.3, -0.25) is 38.4 Å². The second-order valence-electron chi connectivity index (χ2n) is 17.8.